The van der Waals surface area contributed by atoms with E-state index in [-0.39, 0.29) is 23.8 Å². The number of hydrogen-bond donors (Lipinski definition) is 3. The van der Waals surface area contributed by atoms with Gasteiger partial charge in [-0.3, -0.25) is 5.10 Å². The Bertz CT molecular complexity index is 839. The molecule has 2 atom stereocenters. The predicted octanol–water partition coefficient (Wildman–Crippen LogP) is 3.61. The Balaban J connectivity index is 0.00000117. The van der Waals surface area contributed by atoms with Gasteiger partial charge in [0.25, 0.3) is 0 Å². The van der Waals surface area contributed by atoms with Crippen molar-refractivity contribution < 1.29 is 9.53 Å². The first-order chi connectivity index (χ1) is 14.2. The number of alkyl carbamates (subject to hydrolysis) is 1. The topological polar surface area (TPSA) is 129 Å². The van der Waals surface area contributed by atoms with Gasteiger partial charge >= 0.3 is 6.09 Å². The predicted molar refractivity (Wildman–Crippen MR) is 108 cm³/mol. The Kier molecular flexibility index (Phi) is 7.00. The molecule has 1 amide bonds. The van der Waals surface area contributed by atoms with Crippen LogP contribution >= 0.6 is 0 Å². The standard InChI is InChI=1S/C18H21N7O2.C2H6/c19-7-13-9-21-17(10-20-13)23-16-6-15(24-25-16)12-3-4-14(5-12)27-18(26)22-8-11-1-2-11;1-2/h6,9-12,14H,1-5,8H2,(H,22,26)(H2,21,23,24,25);1-2H3. The number of amides is 1. The van der Waals surface area contributed by atoms with Gasteiger partial charge in [0.2, 0.25) is 0 Å². The molecule has 2 saturated carbocycles. The minimum Gasteiger partial charge on any atom is -0.446 e. The van der Waals surface area contributed by atoms with Gasteiger partial charge in [0.05, 0.1) is 12.4 Å². The SMILES string of the molecule is CC.N#Cc1cnc(Nc2cc(C3CCC(OC(=O)NCC4CC4)C3)[nH]n2)cn1. The van der Waals surface area contributed by atoms with Crippen LogP contribution in [0.25, 0.3) is 0 Å². The smallest absolute Gasteiger partial charge is 0.407 e. The lowest BCUT2D eigenvalue weighted by Crippen LogP contribution is -2.29. The van der Waals surface area contributed by atoms with Crippen molar-refractivity contribution in [3.63, 3.8) is 0 Å². The van der Waals surface area contributed by atoms with E-state index in [1.807, 2.05) is 26.0 Å². The highest BCUT2D eigenvalue weighted by Gasteiger charge is 2.30. The number of nitrogens with zero attached hydrogens (tertiary/aromatic N) is 4. The Morgan fingerprint density at radius 3 is 2.76 bits per heavy atom. The van der Waals surface area contributed by atoms with Gasteiger partial charge < -0.3 is 15.4 Å². The largest absolute Gasteiger partial charge is 0.446 e. The van der Waals surface area contributed by atoms with Gasteiger partial charge in [0.1, 0.15) is 18.0 Å². The molecule has 2 fully saturated rings. The third kappa shape index (κ3) is 5.91. The zero-order valence-corrected chi connectivity index (χ0v) is 16.8. The fraction of sp³-hybridized carbons (Fsp3) is 0.550. The number of hydrogen-bond acceptors (Lipinski definition) is 7. The number of aromatic nitrogens is 4. The average molecular weight is 397 g/mol. The van der Waals surface area contributed by atoms with E-state index in [0.717, 1.165) is 31.5 Å². The molecule has 0 spiro atoms. The van der Waals surface area contributed by atoms with Crippen molar-refractivity contribution in [2.75, 3.05) is 11.9 Å². The summed E-state index contributed by atoms with van der Waals surface area (Å²) in [6.07, 6.45) is 7.53. The molecule has 2 aromatic rings. The molecule has 2 aromatic heterocycles. The Morgan fingerprint density at radius 1 is 1.24 bits per heavy atom. The van der Waals surface area contributed by atoms with E-state index in [1.165, 1.54) is 25.2 Å². The summed E-state index contributed by atoms with van der Waals surface area (Å²) in [6.45, 7) is 4.72. The van der Waals surface area contributed by atoms with Gasteiger partial charge in [-0.25, -0.2) is 14.8 Å². The summed E-state index contributed by atoms with van der Waals surface area (Å²) >= 11 is 0. The minimum atomic E-state index is -0.307. The van der Waals surface area contributed by atoms with E-state index in [2.05, 4.69) is 30.8 Å². The van der Waals surface area contributed by atoms with Crippen LogP contribution < -0.4 is 10.6 Å². The first kappa shape index (κ1) is 20.6. The molecular weight excluding hydrogens is 370 g/mol. The van der Waals surface area contributed by atoms with Gasteiger partial charge in [0.15, 0.2) is 11.5 Å². The number of nitriles is 1. The number of aromatic amines is 1. The summed E-state index contributed by atoms with van der Waals surface area (Å²) in [7, 11) is 0. The quantitative estimate of drug-likeness (QED) is 0.679. The lowest BCUT2D eigenvalue weighted by atomic mass is 10.0. The average Bonchev–Trinajstić information content (AvgIpc) is 3.28. The van der Waals surface area contributed by atoms with Crippen molar-refractivity contribution in [3.05, 3.63) is 29.8 Å². The molecule has 3 N–H and O–H groups in total. The summed E-state index contributed by atoms with van der Waals surface area (Å²) in [4.78, 5) is 19.9. The van der Waals surface area contributed by atoms with Gasteiger partial charge in [-0.15, -0.1) is 0 Å². The minimum absolute atomic E-state index is 0.0571. The molecule has 4 rings (SSSR count). The van der Waals surface area contributed by atoms with Crippen LogP contribution in [0.1, 0.15) is 63.3 Å². The number of carbonyl (C=O) groups is 1. The Labute approximate surface area is 170 Å². The highest BCUT2D eigenvalue weighted by molar-refractivity contribution is 5.67. The summed E-state index contributed by atoms with van der Waals surface area (Å²) < 4.78 is 5.52. The van der Waals surface area contributed by atoms with Gasteiger partial charge in [-0.2, -0.15) is 10.4 Å². The van der Waals surface area contributed by atoms with Gasteiger partial charge in [0, 0.05) is 24.2 Å². The van der Waals surface area contributed by atoms with Crippen LogP contribution in [-0.4, -0.2) is 38.9 Å². The molecule has 0 radical (unpaired) electrons. The van der Waals surface area contributed by atoms with Crippen molar-refractivity contribution in [2.24, 2.45) is 5.92 Å². The third-order valence-corrected chi connectivity index (χ3v) is 4.95. The summed E-state index contributed by atoms with van der Waals surface area (Å²) in [6, 6.07) is 3.86. The van der Waals surface area contributed by atoms with E-state index in [9.17, 15) is 4.79 Å². The fourth-order valence-corrected chi connectivity index (χ4v) is 3.26. The molecule has 0 saturated heterocycles. The maximum absolute atomic E-state index is 11.8. The van der Waals surface area contributed by atoms with E-state index in [1.54, 1.807) is 0 Å². The third-order valence-electron chi connectivity index (χ3n) is 4.95. The lowest BCUT2D eigenvalue weighted by Gasteiger charge is -2.13. The molecule has 0 aromatic carbocycles. The lowest BCUT2D eigenvalue weighted by molar-refractivity contribution is 0.0998. The van der Waals surface area contributed by atoms with E-state index in [0.29, 0.717) is 17.6 Å². The number of H-pyrrole nitrogens is 1. The Morgan fingerprint density at radius 2 is 2.07 bits per heavy atom. The molecule has 2 aliphatic rings. The number of carbonyl (C=O) groups excluding carboxylic acids is 1. The zero-order valence-electron chi connectivity index (χ0n) is 16.8. The number of nitrogens with one attached hydrogen (secondary N) is 3. The summed E-state index contributed by atoms with van der Waals surface area (Å²) in [5.74, 6) is 2.08. The number of ether oxygens (including phenoxy) is 1. The Hall–Kier alpha value is -3.15. The summed E-state index contributed by atoms with van der Waals surface area (Å²) in [5, 5.41) is 21.9. The van der Waals surface area contributed by atoms with Gasteiger partial charge in [-0.1, -0.05) is 13.8 Å². The molecule has 2 unspecified atom stereocenters. The highest BCUT2D eigenvalue weighted by atomic mass is 16.6. The van der Waals surface area contributed by atoms with Crippen LogP contribution in [0.2, 0.25) is 0 Å². The molecular formula is C20H27N7O2. The fourth-order valence-electron chi connectivity index (χ4n) is 3.26. The van der Waals surface area contributed by atoms with Crippen molar-refractivity contribution >= 4 is 17.7 Å². The molecule has 29 heavy (non-hydrogen) atoms. The zero-order chi connectivity index (χ0) is 20.6. The number of rotatable bonds is 6. The first-order valence-corrected chi connectivity index (χ1v) is 10.2. The van der Waals surface area contributed by atoms with Crippen LogP contribution in [-0.2, 0) is 4.74 Å². The molecule has 0 aliphatic heterocycles. The summed E-state index contributed by atoms with van der Waals surface area (Å²) in [5.41, 5.74) is 1.27. The maximum Gasteiger partial charge on any atom is 0.407 e. The van der Waals surface area contributed by atoms with Crippen LogP contribution in [0.15, 0.2) is 18.5 Å². The maximum atomic E-state index is 11.8. The first-order valence-electron chi connectivity index (χ1n) is 10.2. The van der Waals surface area contributed by atoms with Gasteiger partial charge in [-0.05, 0) is 38.0 Å². The normalized spacial score (nSPS) is 20.2. The number of anilines is 2. The second-order valence-corrected chi connectivity index (χ2v) is 7.09. The molecule has 9 nitrogen and oxygen atoms in total. The molecule has 2 aliphatic carbocycles. The van der Waals surface area contributed by atoms with E-state index in [4.69, 9.17) is 10.00 Å². The van der Waals surface area contributed by atoms with E-state index >= 15 is 0 Å². The van der Waals surface area contributed by atoms with Crippen LogP contribution in [0, 0.1) is 17.2 Å². The van der Waals surface area contributed by atoms with Crippen LogP contribution in [0.5, 0.6) is 0 Å². The second kappa shape index (κ2) is 9.87. The highest BCUT2D eigenvalue weighted by Crippen LogP contribution is 2.36. The molecule has 9 heteroatoms. The van der Waals surface area contributed by atoms with E-state index < -0.39 is 0 Å². The van der Waals surface area contributed by atoms with Crippen molar-refractivity contribution in [1.82, 2.24) is 25.5 Å². The second-order valence-electron chi connectivity index (χ2n) is 7.09. The monoisotopic (exact) mass is 397 g/mol. The van der Waals surface area contributed by atoms with Crippen LogP contribution in [0.4, 0.5) is 16.4 Å². The van der Waals surface area contributed by atoms with Crippen molar-refractivity contribution in [2.45, 2.75) is 58.0 Å². The van der Waals surface area contributed by atoms with Crippen molar-refractivity contribution in [1.29, 1.82) is 5.26 Å². The van der Waals surface area contributed by atoms with Crippen molar-refractivity contribution in [3.8, 4) is 6.07 Å². The molecule has 154 valence electrons. The van der Waals surface area contributed by atoms with Crippen LogP contribution in [0.3, 0.4) is 0 Å². The molecule has 2 heterocycles. The molecule has 0 bridgehead atoms.